The van der Waals surface area contributed by atoms with Crippen LogP contribution in [0.2, 0.25) is 0 Å². The molecule has 0 bridgehead atoms. The number of anilines is 1. The number of nitrogens with zero attached hydrogens (tertiary/aromatic N) is 4. The van der Waals surface area contributed by atoms with Gasteiger partial charge < -0.3 is 45.8 Å². The van der Waals surface area contributed by atoms with E-state index in [4.69, 9.17) is 20.0 Å². The van der Waals surface area contributed by atoms with Gasteiger partial charge in [0.2, 0.25) is 5.88 Å². The number of carbonyl (C=O) groups is 7. The number of thiazole rings is 1. The molecule has 2 aliphatic heterocycles. The molecule has 1 aromatic carbocycles. The molecular weight excluding hydrogens is 817 g/mol. The van der Waals surface area contributed by atoms with E-state index in [1.54, 1.807) is 0 Å². The molecule has 284 valence electrons. The van der Waals surface area contributed by atoms with Crippen LogP contribution in [0.3, 0.4) is 0 Å². The van der Waals surface area contributed by atoms with Crippen molar-refractivity contribution in [3.63, 3.8) is 0 Å². The number of carboxylic acid groups (broad SMARTS) is 3. The molecule has 0 aliphatic carbocycles. The number of aliphatic carboxylic acids is 2. The third kappa shape index (κ3) is 8.87. The van der Waals surface area contributed by atoms with Crippen LogP contribution in [0, 0.1) is 0 Å². The van der Waals surface area contributed by atoms with Crippen LogP contribution in [0.15, 0.2) is 49.1 Å². The number of thioether (sulfide) groups is 3. The van der Waals surface area contributed by atoms with Crippen LogP contribution in [0.25, 0.3) is 0 Å². The first-order valence-electron chi connectivity index (χ1n) is 14.7. The summed E-state index contributed by atoms with van der Waals surface area (Å²) in [4.78, 5) is 96.4. The van der Waals surface area contributed by atoms with Gasteiger partial charge >= 0.3 is 29.8 Å². The normalized spacial score (nSPS) is 17.2. The smallest absolute Gasteiger partial charge is 0.358 e. The highest BCUT2D eigenvalue weighted by molar-refractivity contribution is 8.02. The Balaban J connectivity index is 1.33. The first-order chi connectivity index (χ1) is 25.5. The number of carboxylic acids is 3. The molecule has 7 N–H and O–H groups in total. The maximum Gasteiger partial charge on any atom is 0.358 e. The van der Waals surface area contributed by atoms with Crippen LogP contribution in [0.4, 0.5) is 5.13 Å². The highest BCUT2D eigenvalue weighted by Gasteiger charge is 2.54. The molecule has 0 saturated carbocycles. The molecule has 0 spiro atoms. The van der Waals surface area contributed by atoms with Crippen molar-refractivity contribution in [2.24, 2.45) is 5.16 Å². The number of nitrogens with two attached hydrogens (primary N) is 1. The summed E-state index contributed by atoms with van der Waals surface area (Å²) in [6.07, 6.45) is 0. The highest BCUT2D eigenvalue weighted by Crippen LogP contribution is 2.43. The molecule has 1 fully saturated rings. The van der Waals surface area contributed by atoms with Crippen LogP contribution >= 0.6 is 58.2 Å². The number of nitrogen functional groups attached to an aromatic ring is 1. The number of aromatic hydroxyl groups is 1. The van der Waals surface area contributed by atoms with Crippen molar-refractivity contribution >= 4 is 111 Å². The number of fused-ring (bicyclic) bond motifs is 1. The minimum atomic E-state index is -1.82. The van der Waals surface area contributed by atoms with Gasteiger partial charge in [0, 0.05) is 35.6 Å². The Hall–Kier alpha value is -5.37. The number of aromatic carboxylic acids is 1. The van der Waals surface area contributed by atoms with E-state index in [1.165, 1.54) is 23.6 Å². The van der Waals surface area contributed by atoms with Crippen molar-refractivity contribution in [3.05, 3.63) is 46.1 Å². The van der Waals surface area contributed by atoms with Gasteiger partial charge in [-0.2, -0.15) is 4.37 Å². The average Bonchev–Trinajstić information content (AvgIpc) is 3.70. The lowest BCUT2D eigenvalue weighted by molar-refractivity contribution is -0.150. The lowest BCUT2D eigenvalue weighted by atomic mass is 10.0. The number of aromatic nitrogens is 2. The van der Waals surface area contributed by atoms with Crippen molar-refractivity contribution in [1.29, 1.82) is 0 Å². The number of amides is 2. The SMILES string of the molecule is CC(=O)Oc1ccc(SC(O/N=C(\C(=O)N[C@@H]2C(=O)N3C(C(=O)O)=C(CSc4snc(O)c4C(=O)O)CS[C@H]23)c2csc(N)n2)C(=O)O)cc1OC(C)=O. The number of esters is 2. The van der Waals surface area contributed by atoms with E-state index in [0.29, 0.717) is 11.8 Å². The van der Waals surface area contributed by atoms with E-state index >= 15 is 0 Å². The van der Waals surface area contributed by atoms with Crippen molar-refractivity contribution in [2.75, 3.05) is 17.2 Å². The standard InChI is InChI=1S/C29H24N6O14S5/c1-9(36)47-14-4-3-12(5-15(14)48-10(2)37)53-27(26(45)46)49-33-17(13-8-52-29(30)31-13)21(39)32-18-22(40)35-19(25(43)44)11(6-50-23(18)35)7-51-28-16(24(41)42)20(38)34-54-28/h3-5,8,18,23,27H,6-7H2,1-2H3,(H2,30,31)(H,32,39)(H,34,38)(H,41,42)(H,43,44)(H,45,46)/b33-17-/t18-,23-,27?/m1/s1. The Morgan fingerprint density at radius 1 is 1.09 bits per heavy atom. The summed E-state index contributed by atoms with van der Waals surface area (Å²) in [6, 6.07) is 2.58. The number of oxime groups is 1. The molecule has 1 unspecified atom stereocenters. The average molecular weight is 841 g/mol. The predicted molar refractivity (Wildman–Crippen MR) is 192 cm³/mol. The van der Waals surface area contributed by atoms with Gasteiger partial charge in [0.1, 0.15) is 28.4 Å². The monoisotopic (exact) mass is 840 g/mol. The summed E-state index contributed by atoms with van der Waals surface area (Å²) >= 11 is 4.26. The molecule has 3 atom stereocenters. The van der Waals surface area contributed by atoms with Crippen LogP contribution in [-0.2, 0) is 33.6 Å². The second-order valence-electron chi connectivity index (χ2n) is 10.6. The van der Waals surface area contributed by atoms with Crippen molar-refractivity contribution in [2.45, 2.75) is 39.8 Å². The zero-order valence-electron chi connectivity index (χ0n) is 27.2. The first kappa shape index (κ1) is 39.8. The van der Waals surface area contributed by atoms with Gasteiger partial charge in [-0.3, -0.25) is 24.1 Å². The van der Waals surface area contributed by atoms with Crippen molar-refractivity contribution < 1.29 is 68.3 Å². The maximum absolute atomic E-state index is 13.6. The van der Waals surface area contributed by atoms with Crippen LogP contribution in [0.5, 0.6) is 17.4 Å². The Bertz CT molecular complexity index is 2130. The fourth-order valence-electron chi connectivity index (χ4n) is 4.68. The number of carbonyl (C=O) groups excluding carboxylic acids is 4. The summed E-state index contributed by atoms with van der Waals surface area (Å²) in [5.41, 5.74) is 2.74. The quantitative estimate of drug-likeness (QED) is 0.0242. The highest BCUT2D eigenvalue weighted by atomic mass is 32.2. The minimum Gasteiger partial charge on any atom is -0.492 e. The molecule has 0 radical (unpaired) electrons. The van der Waals surface area contributed by atoms with E-state index in [9.17, 15) is 54.0 Å². The maximum atomic E-state index is 13.6. The predicted octanol–water partition coefficient (Wildman–Crippen LogP) is 1.89. The van der Waals surface area contributed by atoms with Crippen LogP contribution < -0.4 is 20.5 Å². The fourth-order valence-corrected chi connectivity index (χ4v) is 9.36. The first-order valence-corrected chi connectivity index (χ1v) is 19.2. The molecule has 25 heteroatoms. The van der Waals surface area contributed by atoms with Gasteiger partial charge in [0.15, 0.2) is 22.3 Å². The zero-order valence-corrected chi connectivity index (χ0v) is 31.3. The third-order valence-electron chi connectivity index (χ3n) is 6.86. The Morgan fingerprint density at radius 2 is 1.80 bits per heavy atom. The molecule has 2 aromatic heterocycles. The van der Waals surface area contributed by atoms with Crippen LogP contribution in [0.1, 0.15) is 29.9 Å². The number of hydrogen-bond acceptors (Lipinski definition) is 20. The molecular formula is C29H24N6O14S5. The number of hydrogen-bond donors (Lipinski definition) is 6. The summed E-state index contributed by atoms with van der Waals surface area (Å²) in [5, 5.41) is 45.7. The summed E-state index contributed by atoms with van der Waals surface area (Å²) in [5.74, 6) is -8.63. The third-order valence-corrected chi connectivity index (χ3v) is 12.1. The van der Waals surface area contributed by atoms with E-state index in [0.717, 1.165) is 65.1 Å². The number of β-lactam (4-membered cyclic amide) rings is 1. The van der Waals surface area contributed by atoms with Gasteiger partial charge in [-0.1, -0.05) is 16.9 Å². The molecule has 1 saturated heterocycles. The zero-order chi connectivity index (χ0) is 39.4. The molecule has 2 aliphatic rings. The minimum absolute atomic E-state index is 0.0138. The Morgan fingerprint density at radius 3 is 2.41 bits per heavy atom. The van der Waals surface area contributed by atoms with E-state index in [1.807, 2.05) is 0 Å². The van der Waals surface area contributed by atoms with Gasteiger partial charge in [0.25, 0.3) is 17.3 Å². The summed E-state index contributed by atoms with van der Waals surface area (Å²) < 4.78 is 13.8. The van der Waals surface area contributed by atoms with E-state index in [2.05, 4.69) is 19.8 Å². The second kappa shape index (κ2) is 16.8. The number of benzene rings is 1. The van der Waals surface area contributed by atoms with E-state index in [-0.39, 0.29) is 54.2 Å². The van der Waals surface area contributed by atoms with Gasteiger partial charge in [0.05, 0.1) is 4.21 Å². The molecule has 2 amide bonds. The van der Waals surface area contributed by atoms with Crippen molar-refractivity contribution in [1.82, 2.24) is 19.6 Å². The molecule has 5 rings (SSSR count). The number of rotatable bonds is 15. The molecule has 3 aromatic rings. The van der Waals surface area contributed by atoms with E-state index < -0.39 is 75.7 Å². The number of nitrogens with one attached hydrogen (secondary N) is 1. The van der Waals surface area contributed by atoms with Gasteiger partial charge in [-0.05, 0) is 35.3 Å². The van der Waals surface area contributed by atoms with Gasteiger partial charge in [-0.15, -0.1) is 34.9 Å². The second-order valence-corrected chi connectivity index (χ2v) is 15.7. The lowest BCUT2D eigenvalue weighted by Gasteiger charge is -2.49. The Kier molecular flexibility index (Phi) is 12.4. The molecule has 20 nitrogen and oxygen atoms in total. The fraction of sp³-hybridized carbons (Fsp3) is 0.241. The summed E-state index contributed by atoms with van der Waals surface area (Å²) in [7, 11) is 0. The van der Waals surface area contributed by atoms with Crippen molar-refractivity contribution in [3.8, 4) is 17.4 Å². The van der Waals surface area contributed by atoms with Gasteiger partial charge in [-0.25, -0.2) is 19.4 Å². The number of ether oxygens (including phenoxy) is 2. The topological polar surface area (TPSA) is 308 Å². The molecule has 54 heavy (non-hydrogen) atoms. The summed E-state index contributed by atoms with van der Waals surface area (Å²) in [6.45, 7) is 2.23. The van der Waals surface area contributed by atoms with Crippen LogP contribution in [-0.4, -0.2) is 110 Å². The molecule has 4 heterocycles. The Labute approximate surface area is 322 Å². The largest absolute Gasteiger partial charge is 0.492 e. The lowest BCUT2D eigenvalue weighted by Crippen LogP contribution is -2.71.